The number of hydrogen-bond donors (Lipinski definition) is 0. The Morgan fingerprint density at radius 3 is 1.75 bits per heavy atom. The first-order valence-corrected chi connectivity index (χ1v) is 8.18. The molecule has 0 bridgehead atoms. The van der Waals surface area contributed by atoms with Crippen LogP contribution in [0.25, 0.3) is 16.8 Å². The van der Waals surface area contributed by atoms with Crippen molar-refractivity contribution in [3.05, 3.63) is 93.7 Å². The standard InChI is InChI=1S/C21H7F4NO2/c22-15-12-13(16(23)18(25)17(15)24)21(28)14(20(12)27)11-8-4-1-2-5-9(8)19-10(11)6-3-7-26-19/h1-7H. The van der Waals surface area contributed by atoms with E-state index in [0.29, 0.717) is 22.4 Å². The highest BCUT2D eigenvalue weighted by atomic mass is 19.2. The lowest BCUT2D eigenvalue weighted by Crippen LogP contribution is -2.07. The summed E-state index contributed by atoms with van der Waals surface area (Å²) in [6.07, 6.45) is 1.53. The molecule has 5 rings (SSSR count). The topological polar surface area (TPSA) is 47.0 Å². The maximum absolute atomic E-state index is 14.2. The Bertz CT molecular complexity index is 1200. The van der Waals surface area contributed by atoms with E-state index in [1.807, 2.05) is 0 Å². The number of aromatic nitrogens is 1. The molecule has 0 atom stereocenters. The van der Waals surface area contributed by atoms with Crippen LogP contribution in [0.5, 0.6) is 0 Å². The average Bonchev–Trinajstić information content (AvgIpc) is 3.16. The molecule has 0 saturated heterocycles. The number of halogens is 4. The van der Waals surface area contributed by atoms with Gasteiger partial charge in [-0.05, 0) is 11.6 Å². The molecule has 1 aromatic heterocycles. The van der Waals surface area contributed by atoms with E-state index >= 15 is 0 Å². The van der Waals surface area contributed by atoms with Crippen molar-refractivity contribution in [1.82, 2.24) is 4.98 Å². The monoisotopic (exact) mass is 381 g/mol. The number of rotatable bonds is 0. The van der Waals surface area contributed by atoms with Crippen LogP contribution in [0, 0.1) is 23.3 Å². The van der Waals surface area contributed by atoms with Gasteiger partial charge in [0.2, 0.25) is 11.6 Å². The summed E-state index contributed by atoms with van der Waals surface area (Å²) >= 11 is 0. The molecule has 2 aliphatic carbocycles. The molecule has 0 amide bonds. The highest BCUT2D eigenvalue weighted by molar-refractivity contribution is 6.43. The lowest BCUT2D eigenvalue weighted by molar-refractivity contribution is 0.0988. The first-order chi connectivity index (χ1) is 13.4. The molecule has 136 valence electrons. The van der Waals surface area contributed by atoms with Crippen molar-refractivity contribution in [3.8, 4) is 11.3 Å². The van der Waals surface area contributed by atoms with Gasteiger partial charge in [0, 0.05) is 22.9 Å². The predicted molar refractivity (Wildman–Crippen MR) is 90.6 cm³/mol. The Hall–Kier alpha value is -3.61. The van der Waals surface area contributed by atoms with Gasteiger partial charge in [-0.2, -0.15) is 0 Å². The van der Waals surface area contributed by atoms with E-state index in [-0.39, 0.29) is 5.57 Å². The second-order valence-corrected chi connectivity index (χ2v) is 6.36. The van der Waals surface area contributed by atoms with Crippen LogP contribution in [-0.4, -0.2) is 16.6 Å². The minimum absolute atomic E-state index is 0.143. The molecule has 0 aliphatic heterocycles. The van der Waals surface area contributed by atoms with Gasteiger partial charge in [-0.1, -0.05) is 30.3 Å². The van der Waals surface area contributed by atoms with Crippen molar-refractivity contribution in [2.75, 3.05) is 0 Å². The lowest BCUT2D eigenvalue weighted by atomic mass is 9.95. The molecular formula is C21H7F4NO2. The number of hydrogen-bond acceptors (Lipinski definition) is 3. The fourth-order valence-corrected chi connectivity index (χ4v) is 3.78. The highest BCUT2D eigenvalue weighted by Crippen LogP contribution is 2.47. The first-order valence-electron chi connectivity index (χ1n) is 8.18. The van der Waals surface area contributed by atoms with Gasteiger partial charge in [0.15, 0.2) is 23.3 Å². The van der Waals surface area contributed by atoms with Crippen LogP contribution in [0.15, 0.2) is 48.2 Å². The van der Waals surface area contributed by atoms with E-state index in [0.717, 1.165) is 0 Å². The zero-order valence-electron chi connectivity index (χ0n) is 13.8. The Morgan fingerprint density at radius 1 is 0.607 bits per heavy atom. The molecule has 3 nitrogen and oxygen atoms in total. The Labute approximate surface area is 155 Å². The predicted octanol–water partition coefficient (Wildman–Crippen LogP) is 4.50. The molecule has 2 aromatic carbocycles. The van der Waals surface area contributed by atoms with Crippen LogP contribution in [-0.2, 0) is 0 Å². The fourth-order valence-electron chi connectivity index (χ4n) is 3.78. The Balaban J connectivity index is 1.90. The van der Waals surface area contributed by atoms with E-state index in [2.05, 4.69) is 4.98 Å². The van der Waals surface area contributed by atoms with Crippen LogP contribution >= 0.6 is 0 Å². The smallest absolute Gasteiger partial charge is 0.201 e. The Kier molecular flexibility index (Phi) is 3.22. The number of carbonyl (C=O) groups excluding carboxylic acids is 2. The van der Waals surface area contributed by atoms with Crippen molar-refractivity contribution < 1.29 is 27.2 Å². The molecule has 3 aromatic rings. The van der Waals surface area contributed by atoms with Crippen LogP contribution in [0.4, 0.5) is 17.6 Å². The van der Waals surface area contributed by atoms with Crippen molar-refractivity contribution in [2.45, 2.75) is 0 Å². The van der Waals surface area contributed by atoms with Crippen molar-refractivity contribution in [1.29, 1.82) is 0 Å². The number of fused-ring (bicyclic) bond motifs is 4. The van der Waals surface area contributed by atoms with Crippen LogP contribution < -0.4 is 0 Å². The summed E-state index contributed by atoms with van der Waals surface area (Å²) in [7, 11) is 0. The molecule has 28 heavy (non-hydrogen) atoms. The summed E-state index contributed by atoms with van der Waals surface area (Å²) in [6, 6.07) is 9.97. The van der Waals surface area contributed by atoms with Gasteiger partial charge in [-0.3, -0.25) is 14.6 Å². The first kappa shape index (κ1) is 16.6. The zero-order valence-corrected chi connectivity index (χ0v) is 13.8. The third-order valence-electron chi connectivity index (χ3n) is 4.95. The molecule has 1 heterocycles. The number of nitrogens with zero attached hydrogens (tertiary/aromatic N) is 1. The Morgan fingerprint density at radius 2 is 1.14 bits per heavy atom. The van der Waals surface area contributed by atoms with E-state index < -0.39 is 51.5 Å². The van der Waals surface area contributed by atoms with Crippen molar-refractivity contribution >= 4 is 17.1 Å². The molecule has 0 unspecified atom stereocenters. The third kappa shape index (κ3) is 1.85. The summed E-state index contributed by atoms with van der Waals surface area (Å²) in [4.78, 5) is 30.0. The zero-order chi connectivity index (χ0) is 19.7. The lowest BCUT2D eigenvalue weighted by Gasteiger charge is -2.05. The van der Waals surface area contributed by atoms with Crippen molar-refractivity contribution in [2.24, 2.45) is 0 Å². The highest BCUT2D eigenvalue weighted by Gasteiger charge is 2.45. The average molecular weight is 381 g/mol. The summed E-state index contributed by atoms with van der Waals surface area (Å²) < 4.78 is 55.8. The van der Waals surface area contributed by atoms with E-state index in [1.54, 1.807) is 36.4 Å². The van der Waals surface area contributed by atoms with Gasteiger partial charge in [0.25, 0.3) is 0 Å². The second-order valence-electron chi connectivity index (χ2n) is 6.36. The molecule has 2 aliphatic rings. The van der Waals surface area contributed by atoms with Crippen molar-refractivity contribution in [3.63, 3.8) is 0 Å². The number of allylic oxidation sites excluding steroid dienone is 1. The molecule has 0 spiro atoms. The van der Waals surface area contributed by atoms with Crippen LogP contribution in [0.1, 0.15) is 31.8 Å². The quantitative estimate of drug-likeness (QED) is 0.148. The summed E-state index contributed by atoms with van der Waals surface area (Å²) in [5, 5.41) is 0. The fraction of sp³-hybridized carbons (Fsp3) is 0. The van der Waals surface area contributed by atoms with Crippen LogP contribution in [0.3, 0.4) is 0 Å². The third-order valence-corrected chi connectivity index (χ3v) is 4.95. The normalized spacial score (nSPS) is 14.4. The second kappa shape index (κ2) is 5.45. The number of pyridine rings is 1. The number of benzene rings is 2. The van der Waals surface area contributed by atoms with E-state index in [1.165, 1.54) is 6.20 Å². The SMILES string of the molecule is O=C1C(=C2c3ccccc3-c3ncccc32)C(=O)c2c(F)c(F)c(F)c(F)c21. The summed E-state index contributed by atoms with van der Waals surface area (Å²) in [5.41, 5.74) is -0.526. The van der Waals surface area contributed by atoms with Gasteiger partial charge >= 0.3 is 0 Å². The van der Waals surface area contributed by atoms with Gasteiger partial charge < -0.3 is 0 Å². The maximum atomic E-state index is 14.2. The summed E-state index contributed by atoms with van der Waals surface area (Å²) in [6.45, 7) is 0. The molecule has 0 N–H and O–H groups in total. The minimum atomic E-state index is -2.13. The van der Waals surface area contributed by atoms with Gasteiger partial charge in [-0.25, -0.2) is 17.6 Å². The van der Waals surface area contributed by atoms with Crippen LogP contribution in [0.2, 0.25) is 0 Å². The van der Waals surface area contributed by atoms with Gasteiger partial charge in [0.1, 0.15) is 0 Å². The summed E-state index contributed by atoms with van der Waals surface area (Å²) in [5.74, 6) is -10.4. The van der Waals surface area contributed by atoms with Gasteiger partial charge in [0.05, 0.1) is 22.4 Å². The molecule has 0 saturated carbocycles. The maximum Gasteiger partial charge on any atom is 0.201 e. The number of ketones is 2. The van der Waals surface area contributed by atoms with E-state index in [9.17, 15) is 27.2 Å². The number of carbonyl (C=O) groups is 2. The minimum Gasteiger partial charge on any atom is -0.288 e. The molecule has 7 heteroatoms. The molecule has 0 fully saturated rings. The largest absolute Gasteiger partial charge is 0.288 e. The number of Topliss-reactive ketones (excluding diaryl/α,β-unsaturated/α-hetero) is 2. The van der Waals surface area contributed by atoms with Gasteiger partial charge in [-0.15, -0.1) is 0 Å². The van der Waals surface area contributed by atoms with E-state index in [4.69, 9.17) is 0 Å². The molecular weight excluding hydrogens is 374 g/mol. The molecule has 0 radical (unpaired) electrons.